The molecule has 5 heteroatoms. The van der Waals surface area contributed by atoms with Crippen LogP contribution in [-0.4, -0.2) is 10.2 Å². The van der Waals surface area contributed by atoms with Gasteiger partial charge in [-0.2, -0.15) is 5.10 Å². The van der Waals surface area contributed by atoms with Crippen LogP contribution >= 0.6 is 27.5 Å². The van der Waals surface area contributed by atoms with Crippen LogP contribution in [-0.2, 0) is 0 Å². The van der Waals surface area contributed by atoms with Crippen molar-refractivity contribution in [1.29, 1.82) is 0 Å². The van der Waals surface area contributed by atoms with Crippen LogP contribution in [0.15, 0.2) is 46.9 Å². The summed E-state index contributed by atoms with van der Waals surface area (Å²) in [6, 6.07) is 13.9. The van der Waals surface area contributed by atoms with Crippen molar-refractivity contribution in [2.75, 3.05) is 5.73 Å². The van der Waals surface area contributed by atoms with E-state index < -0.39 is 0 Å². The molecule has 0 saturated carbocycles. The second kappa shape index (κ2) is 5.54. The largest absolute Gasteiger partial charge is 0.382 e. The number of benzene rings is 2. The van der Waals surface area contributed by atoms with Gasteiger partial charge >= 0.3 is 0 Å². The molecule has 1 heterocycles. The Morgan fingerprint density at radius 1 is 1.10 bits per heavy atom. The summed E-state index contributed by atoms with van der Waals surface area (Å²) in [6.07, 6.45) is 0. The second-order valence-corrected chi connectivity index (χ2v) is 6.15. The van der Waals surface area contributed by atoms with Crippen molar-refractivity contribution in [3.63, 3.8) is 0 Å². The number of hydrogen-bond acceptors (Lipinski definition) is 2. The van der Waals surface area contributed by atoms with Gasteiger partial charge in [0.2, 0.25) is 0 Å². The zero-order valence-corrected chi connectivity index (χ0v) is 13.7. The van der Waals surface area contributed by atoms with E-state index in [2.05, 4.69) is 26.1 Å². The van der Waals surface area contributed by atoms with Crippen molar-refractivity contribution in [2.45, 2.75) is 6.92 Å². The van der Waals surface area contributed by atoms with Gasteiger partial charge in [0.1, 0.15) is 0 Å². The Balaban J connectivity index is 2.16. The van der Waals surface area contributed by atoms with E-state index in [-0.39, 0.29) is 0 Å². The molecule has 0 spiro atoms. The van der Waals surface area contributed by atoms with Crippen molar-refractivity contribution >= 4 is 33.3 Å². The molecule has 0 saturated heterocycles. The molecule has 3 aromatic rings. The highest BCUT2D eigenvalue weighted by Crippen LogP contribution is 2.36. The van der Waals surface area contributed by atoms with Crippen LogP contribution in [0.1, 0.15) is 5.56 Å². The van der Waals surface area contributed by atoms with Gasteiger partial charge in [0.25, 0.3) is 0 Å². The lowest BCUT2D eigenvalue weighted by molar-refractivity contribution is 1.10. The lowest BCUT2D eigenvalue weighted by atomic mass is 10.0. The first-order valence-electron chi connectivity index (χ1n) is 6.42. The first kappa shape index (κ1) is 14.2. The average molecular weight is 363 g/mol. The summed E-state index contributed by atoms with van der Waals surface area (Å²) in [5.74, 6) is 0.476. The first-order chi connectivity index (χ1) is 10.1. The van der Waals surface area contributed by atoms with Crippen molar-refractivity contribution in [3.8, 4) is 22.4 Å². The molecule has 0 aliphatic carbocycles. The second-order valence-electron chi connectivity index (χ2n) is 4.83. The number of aromatic amines is 1. The fourth-order valence-corrected chi connectivity index (χ4v) is 2.67. The molecule has 106 valence electrons. The van der Waals surface area contributed by atoms with Crippen LogP contribution in [0.4, 0.5) is 5.82 Å². The van der Waals surface area contributed by atoms with E-state index in [1.807, 2.05) is 49.4 Å². The lowest BCUT2D eigenvalue weighted by Gasteiger charge is -2.07. The monoisotopic (exact) mass is 361 g/mol. The average Bonchev–Trinajstić information content (AvgIpc) is 2.85. The Hall–Kier alpha value is -1.78. The van der Waals surface area contributed by atoms with E-state index in [1.165, 1.54) is 0 Å². The van der Waals surface area contributed by atoms with E-state index in [0.717, 1.165) is 37.4 Å². The molecule has 21 heavy (non-hydrogen) atoms. The van der Waals surface area contributed by atoms with Gasteiger partial charge in [-0.25, -0.2) is 0 Å². The van der Waals surface area contributed by atoms with Gasteiger partial charge in [0.15, 0.2) is 5.82 Å². The maximum absolute atomic E-state index is 6.22. The van der Waals surface area contributed by atoms with Gasteiger partial charge in [-0.1, -0.05) is 51.8 Å². The van der Waals surface area contributed by atoms with Gasteiger partial charge in [-0.05, 0) is 36.2 Å². The molecular weight excluding hydrogens is 350 g/mol. The number of nitrogen functional groups attached to an aromatic ring is 1. The Morgan fingerprint density at radius 3 is 2.43 bits per heavy atom. The number of rotatable bonds is 2. The molecule has 1 aromatic heterocycles. The van der Waals surface area contributed by atoms with E-state index in [0.29, 0.717) is 5.82 Å². The van der Waals surface area contributed by atoms with Crippen LogP contribution < -0.4 is 5.73 Å². The van der Waals surface area contributed by atoms with Crippen LogP contribution in [0, 0.1) is 6.92 Å². The summed E-state index contributed by atoms with van der Waals surface area (Å²) >= 11 is 9.65. The van der Waals surface area contributed by atoms with Crippen LogP contribution in [0.2, 0.25) is 5.02 Å². The van der Waals surface area contributed by atoms with Gasteiger partial charge in [-0.3, -0.25) is 5.10 Å². The molecule has 3 nitrogen and oxygen atoms in total. The van der Waals surface area contributed by atoms with Crippen LogP contribution in [0.3, 0.4) is 0 Å². The maximum Gasteiger partial charge on any atom is 0.153 e. The van der Waals surface area contributed by atoms with E-state index in [4.69, 9.17) is 17.3 Å². The molecule has 0 aliphatic rings. The smallest absolute Gasteiger partial charge is 0.153 e. The van der Waals surface area contributed by atoms with Crippen molar-refractivity contribution < 1.29 is 0 Å². The number of anilines is 1. The fourth-order valence-electron chi connectivity index (χ4n) is 2.22. The normalized spacial score (nSPS) is 10.8. The molecule has 2 aromatic carbocycles. The minimum atomic E-state index is 0.476. The predicted octanol–water partition coefficient (Wildman–Crippen LogP) is 5.05. The fraction of sp³-hybridized carbons (Fsp3) is 0.0625. The van der Waals surface area contributed by atoms with Gasteiger partial charge in [0.05, 0.1) is 11.3 Å². The van der Waals surface area contributed by atoms with Gasteiger partial charge in [0, 0.05) is 15.1 Å². The van der Waals surface area contributed by atoms with Crippen LogP contribution in [0.25, 0.3) is 22.4 Å². The lowest BCUT2D eigenvalue weighted by Crippen LogP contribution is -1.89. The summed E-state index contributed by atoms with van der Waals surface area (Å²) in [5, 5.41) is 7.87. The van der Waals surface area contributed by atoms with E-state index >= 15 is 0 Å². The maximum atomic E-state index is 6.22. The molecule has 0 atom stereocenters. The summed E-state index contributed by atoms with van der Waals surface area (Å²) in [5.41, 5.74) is 10.8. The third-order valence-electron chi connectivity index (χ3n) is 3.39. The Kier molecular flexibility index (Phi) is 3.74. The standard InChI is InChI=1S/C16H13BrClN3/c1-9-2-3-11(8-13(9)18)15-14(16(19)21-20-15)10-4-6-12(17)7-5-10/h2-8H,1H3,(H3,19,20,21). The summed E-state index contributed by atoms with van der Waals surface area (Å²) in [7, 11) is 0. The SMILES string of the molecule is Cc1ccc(-c2[nH]nc(N)c2-c2ccc(Br)cc2)cc1Cl. The number of nitrogens with one attached hydrogen (secondary N) is 1. The molecule has 0 fully saturated rings. The molecule has 0 aliphatic heterocycles. The molecule has 0 radical (unpaired) electrons. The molecule has 3 N–H and O–H groups in total. The number of halogens is 2. The number of nitrogens with zero attached hydrogens (tertiary/aromatic N) is 1. The van der Waals surface area contributed by atoms with Crippen molar-refractivity contribution in [3.05, 3.63) is 57.5 Å². The topological polar surface area (TPSA) is 54.7 Å². The number of nitrogens with two attached hydrogens (primary N) is 1. The Bertz CT molecular complexity index is 794. The first-order valence-corrected chi connectivity index (χ1v) is 7.59. The number of aromatic nitrogens is 2. The number of H-pyrrole nitrogens is 1. The number of hydrogen-bond donors (Lipinski definition) is 2. The highest BCUT2D eigenvalue weighted by molar-refractivity contribution is 9.10. The third kappa shape index (κ3) is 2.69. The molecular formula is C16H13BrClN3. The summed E-state index contributed by atoms with van der Waals surface area (Å²) in [4.78, 5) is 0. The highest BCUT2D eigenvalue weighted by Gasteiger charge is 2.15. The van der Waals surface area contributed by atoms with Gasteiger partial charge < -0.3 is 5.73 Å². The zero-order chi connectivity index (χ0) is 15.0. The minimum absolute atomic E-state index is 0.476. The predicted molar refractivity (Wildman–Crippen MR) is 91.3 cm³/mol. The molecule has 0 amide bonds. The number of aryl methyl sites for hydroxylation is 1. The van der Waals surface area contributed by atoms with Crippen molar-refractivity contribution in [1.82, 2.24) is 10.2 Å². The summed E-state index contributed by atoms with van der Waals surface area (Å²) in [6.45, 7) is 1.98. The van der Waals surface area contributed by atoms with E-state index in [9.17, 15) is 0 Å². The minimum Gasteiger partial charge on any atom is -0.382 e. The van der Waals surface area contributed by atoms with Crippen molar-refractivity contribution in [2.24, 2.45) is 0 Å². The summed E-state index contributed by atoms with van der Waals surface area (Å²) < 4.78 is 1.02. The molecule has 0 unspecified atom stereocenters. The Labute approximate surface area is 136 Å². The van der Waals surface area contributed by atoms with Crippen LogP contribution in [0.5, 0.6) is 0 Å². The Morgan fingerprint density at radius 2 is 1.76 bits per heavy atom. The zero-order valence-electron chi connectivity index (χ0n) is 11.3. The van der Waals surface area contributed by atoms with E-state index in [1.54, 1.807) is 0 Å². The molecule has 0 bridgehead atoms. The quantitative estimate of drug-likeness (QED) is 0.670. The highest BCUT2D eigenvalue weighted by atomic mass is 79.9. The van der Waals surface area contributed by atoms with Gasteiger partial charge in [-0.15, -0.1) is 0 Å². The third-order valence-corrected chi connectivity index (χ3v) is 4.32. The molecule has 3 rings (SSSR count).